The topological polar surface area (TPSA) is 16.1 Å². The van der Waals surface area contributed by atoms with Crippen LogP contribution in [0, 0.1) is 0 Å². The summed E-state index contributed by atoms with van der Waals surface area (Å²) in [5.74, 6) is 0.703. The summed E-state index contributed by atoms with van der Waals surface area (Å²) in [6.07, 6.45) is 6.15. The van der Waals surface area contributed by atoms with E-state index in [4.69, 9.17) is 11.6 Å². The zero-order chi connectivity index (χ0) is 10.9. The molecule has 0 aliphatic heterocycles. The van der Waals surface area contributed by atoms with Crippen molar-refractivity contribution >= 4 is 11.6 Å². The Morgan fingerprint density at radius 1 is 1.27 bits per heavy atom. The summed E-state index contributed by atoms with van der Waals surface area (Å²) in [6.45, 7) is 5.29. The van der Waals surface area contributed by atoms with Gasteiger partial charge in [0.1, 0.15) is 0 Å². The van der Waals surface area contributed by atoms with Gasteiger partial charge in [0.15, 0.2) is 0 Å². The van der Waals surface area contributed by atoms with E-state index in [-0.39, 0.29) is 0 Å². The highest BCUT2D eigenvalue weighted by Crippen LogP contribution is 2.05. The molecule has 0 atom stereocenters. The first-order chi connectivity index (χ1) is 7.36. The Morgan fingerprint density at radius 3 is 2.60 bits per heavy atom. The monoisotopic (exact) mass is 226 g/mol. The number of halogens is 1. The summed E-state index contributed by atoms with van der Waals surface area (Å²) in [5.41, 5.74) is 1.31. The van der Waals surface area contributed by atoms with Crippen LogP contribution in [0.2, 0.25) is 0 Å². The first-order valence-electron chi connectivity index (χ1n) is 5.54. The Hall–Kier alpha value is -0.600. The molecular weight excluding hydrogens is 208 g/mol. The Labute approximate surface area is 97.3 Å². The summed E-state index contributed by atoms with van der Waals surface area (Å²) < 4.78 is 0. The number of hydrogen-bond acceptors (Lipinski definition) is 2. The van der Waals surface area contributed by atoms with E-state index in [2.05, 4.69) is 28.9 Å². The smallest absolute Gasteiger partial charge is 0.0351 e. The largest absolute Gasteiger partial charge is 0.298 e. The molecule has 3 heteroatoms. The maximum absolute atomic E-state index is 5.79. The van der Waals surface area contributed by atoms with Crippen LogP contribution in [0.15, 0.2) is 24.5 Å². The van der Waals surface area contributed by atoms with Gasteiger partial charge in [-0.25, -0.2) is 0 Å². The van der Waals surface area contributed by atoms with E-state index in [1.54, 1.807) is 0 Å². The Kier molecular flexibility index (Phi) is 6.37. The Bertz CT molecular complexity index is 251. The molecule has 0 aliphatic rings. The van der Waals surface area contributed by atoms with E-state index in [1.165, 1.54) is 18.4 Å². The zero-order valence-electron chi connectivity index (χ0n) is 9.32. The summed E-state index contributed by atoms with van der Waals surface area (Å²) >= 11 is 5.79. The highest BCUT2D eigenvalue weighted by molar-refractivity contribution is 6.18. The van der Waals surface area contributed by atoms with Crippen LogP contribution in [0.25, 0.3) is 0 Å². The third kappa shape index (κ3) is 5.14. The van der Waals surface area contributed by atoms with Crippen LogP contribution in [-0.4, -0.2) is 28.9 Å². The molecule has 0 saturated carbocycles. The fourth-order valence-electron chi connectivity index (χ4n) is 1.52. The first kappa shape index (κ1) is 12.5. The van der Waals surface area contributed by atoms with E-state index in [9.17, 15) is 0 Å². The number of aromatic nitrogens is 1. The quantitative estimate of drug-likeness (QED) is 0.665. The molecule has 2 nitrogen and oxygen atoms in total. The molecule has 0 spiro atoms. The molecule has 0 aliphatic carbocycles. The minimum Gasteiger partial charge on any atom is -0.298 e. The first-order valence-corrected chi connectivity index (χ1v) is 6.07. The van der Waals surface area contributed by atoms with Crippen molar-refractivity contribution in [1.82, 2.24) is 9.88 Å². The SMILES string of the molecule is CCCCN(CCCl)Cc1ccncc1. The summed E-state index contributed by atoms with van der Waals surface area (Å²) in [6, 6.07) is 4.13. The van der Waals surface area contributed by atoms with E-state index in [0.717, 1.165) is 19.6 Å². The predicted molar refractivity (Wildman–Crippen MR) is 65.1 cm³/mol. The van der Waals surface area contributed by atoms with Crippen LogP contribution < -0.4 is 0 Å². The number of nitrogens with zero attached hydrogens (tertiary/aromatic N) is 2. The second kappa shape index (κ2) is 7.66. The van der Waals surface area contributed by atoms with Gasteiger partial charge in [-0.05, 0) is 30.7 Å². The van der Waals surface area contributed by atoms with Gasteiger partial charge in [0, 0.05) is 31.4 Å². The van der Waals surface area contributed by atoms with E-state index < -0.39 is 0 Å². The van der Waals surface area contributed by atoms with E-state index in [1.807, 2.05) is 12.4 Å². The molecule has 0 N–H and O–H groups in total. The van der Waals surface area contributed by atoms with Crippen LogP contribution >= 0.6 is 11.6 Å². The van der Waals surface area contributed by atoms with Crippen molar-refractivity contribution in [2.45, 2.75) is 26.3 Å². The third-order valence-corrected chi connectivity index (χ3v) is 2.55. The summed E-state index contributed by atoms with van der Waals surface area (Å²) in [5, 5.41) is 0. The predicted octanol–water partition coefficient (Wildman–Crippen LogP) is 2.92. The molecule has 1 aromatic heterocycles. The maximum atomic E-state index is 5.79. The van der Waals surface area contributed by atoms with E-state index in [0.29, 0.717) is 5.88 Å². The highest BCUT2D eigenvalue weighted by atomic mass is 35.5. The molecule has 1 aromatic rings. The lowest BCUT2D eigenvalue weighted by Gasteiger charge is -2.20. The molecule has 0 saturated heterocycles. The Balaban J connectivity index is 2.43. The number of pyridine rings is 1. The van der Waals surface area contributed by atoms with Gasteiger partial charge in [-0.2, -0.15) is 0 Å². The van der Waals surface area contributed by atoms with Gasteiger partial charge in [-0.15, -0.1) is 11.6 Å². The third-order valence-electron chi connectivity index (χ3n) is 2.38. The second-order valence-corrected chi connectivity index (χ2v) is 4.05. The lowest BCUT2D eigenvalue weighted by Crippen LogP contribution is -2.26. The van der Waals surface area contributed by atoms with Gasteiger partial charge in [0.05, 0.1) is 0 Å². The van der Waals surface area contributed by atoms with Gasteiger partial charge in [-0.1, -0.05) is 13.3 Å². The van der Waals surface area contributed by atoms with Crippen molar-refractivity contribution in [2.75, 3.05) is 19.0 Å². The molecule has 0 unspecified atom stereocenters. The minimum atomic E-state index is 0.703. The molecule has 0 radical (unpaired) electrons. The van der Waals surface area contributed by atoms with Crippen molar-refractivity contribution in [3.8, 4) is 0 Å². The standard InChI is InChI=1S/C12H19ClN2/c1-2-3-9-15(10-6-13)11-12-4-7-14-8-5-12/h4-5,7-8H,2-3,6,9-11H2,1H3. The van der Waals surface area contributed by atoms with Crippen LogP contribution in [0.1, 0.15) is 25.3 Å². The van der Waals surface area contributed by atoms with Gasteiger partial charge < -0.3 is 0 Å². The normalized spacial score (nSPS) is 10.9. The van der Waals surface area contributed by atoms with Gasteiger partial charge in [-0.3, -0.25) is 9.88 Å². The average Bonchev–Trinajstić information content (AvgIpc) is 2.28. The summed E-state index contributed by atoms with van der Waals surface area (Å²) in [7, 11) is 0. The lowest BCUT2D eigenvalue weighted by molar-refractivity contribution is 0.277. The van der Waals surface area contributed by atoms with Gasteiger partial charge >= 0.3 is 0 Å². The van der Waals surface area contributed by atoms with Gasteiger partial charge in [0.2, 0.25) is 0 Å². The van der Waals surface area contributed by atoms with Crippen LogP contribution in [-0.2, 0) is 6.54 Å². The highest BCUT2D eigenvalue weighted by Gasteiger charge is 2.04. The van der Waals surface area contributed by atoms with Crippen molar-refractivity contribution in [2.24, 2.45) is 0 Å². The molecule has 1 heterocycles. The molecule has 0 aromatic carbocycles. The second-order valence-electron chi connectivity index (χ2n) is 3.67. The van der Waals surface area contributed by atoms with E-state index >= 15 is 0 Å². The molecule has 0 fully saturated rings. The van der Waals surface area contributed by atoms with Crippen molar-refractivity contribution in [1.29, 1.82) is 0 Å². The van der Waals surface area contributed by atoms with Crippen LogP contribution in [0.4, 0.5) is 0 Å². The molecule has 15 heavy (non-hydrogen) atoms. The molecule has 1 rings (SSSR count). The molecule has 0 bridgehead atoms. The zero-order valence-corrected chi connectivity index (χ0v) is 10.1. The van der Waals surface area contributed by atoms with Crippen LogP contribution in [0.3, 0.4) is 0 Å². The Morgan fingerprint density at radius 2 is 2.00 bits per heavy atom. The van der Waals surface area contributed by atoms with Crippen molar-refractivity contribution < 1.29 is 0 Å². The number of alkyl halides is 1. The number of hydrogen-bond donors (Lipinski definition) is 0. The fourth-order valence-corrected chi connectivity index (χ4v) is 1.76. The number of rotatable bonds is 7. The van der Waals surface area contributed by atoms with Crippen molar-refractivity contribution in [3.63, 3.8) is 0 Å². The van der Waals surface area contributed by atoms with Crippen molar-refractivity contribution in [3.05, 3.63) is 30.1 Å². The average molecular weight is 227 g/mol. The van der Waals surface area contributed by atoms with Gasteiger partial charge in [0.25, 0.3) is 0 Å². The molecule has 0 amide bonds. The number of unbranched alkanes of at least 4 members (excludes halogenated alkanes) is 1. The van der Waals surface area contributed by atoms with Crippen LogP contribution in [0.5, 0.6) is 0 Å². The minimum absolute atomic E-state index is 0.703. The lowest BCUT2D eigenvalue weighted by atomic mass is 10.2. The molecule has 84 valence electrons. The molecular formula is C12H19ClN2. The maximum Gasteiger partial charge on any atom is 0.0351 e. The fraction of sp³-hybridized carbons (Fsp3) is 0.583. The summed E-state index contributed by atoms with van der Waals surface area (Å²) in [4.78, 5) is 6.41.